The average Bonchev–Trinajstić information content (AvgIpc) is 2.74. The van der Waals surface area contributed by atoms with Gasteiger partial charge < -0.3 is 9.47 Å². The molecule has 1 aromatic heterocycles. The molecule has 16 heavy (non-hydrogen) atoms. The van der Waals surface area contributed by atoms with Crippen molar-refractivity contribution in [2.24, 2.45) is 7.05 Å². The maximum atomic E-state index is 11.5. The number of nitrogens with zero attached hydrogens (tertiary/aromatic N) is 4. The molecule has 0 spiro atoms. The lowest BCUT2D eigenvalue weighted by Crippen LogP contribution is -2.40. The second kappa shape index (κ2) is 4.82. The van der Waals surface area contributed by atoms with Crippen molar-refractivity contribution in [3.63, 3.8) is 0 Å². The summed E-state index contributed by atoms with van der Waals surface area (Å²) in [6.45, 7) is 1.51. The molecule has 6 heteroatoms. The topological polar surface area (TPSA) is 51.0 Å². The van der Waals surface area contributed by atoms with Crippen LogP contribution in [-0.2, 0) is 11.8 Å². The van der Waals surface area contributed by atoms with Crippen molar-refractivity contribution in [1.82, 2.24) is 19.7 Å². The van der Waals surface area contributed by atoms with Gasteiger partial charge in [0.25, 0.3) is 0 Å². The highest BCUT2D eigenvalue weighted by Gasteiger charge is 2.26. The van der Waals surface area contributed by atoms with Gasteiger partial charge in [-0.1, -0.05) is 0 Å². The Morgan fingerprint density at radius 3 is 3.12 bits per heavy atom. The van der Waals surface area contributed by atoms with E-state index >= 15 is 0 Å². The van der Waals surface area contributed by atoms with Crippen molar-refractivity contribution in [2.75, 3.05) is 19.0 Å². The predicted octanol–water partition coefficient (Wildman–Crippen LogP) is 0.760. The zero-order chi connectivity index (χ0) is 11.5. The van der Waals surface area contributed by atoms with Crippen molar-refractivity contribution in [3.8, 4) is 0 Å². The van der Waals surface area contributed by atoms with Crippen LogP contribution in [0.15, 0.2) is 6.33 Å². The van der Waals surface area contributed by atoms with E-state index in [1.54, 1.807) is 6.33 Å². The number of aryl methyl sites for hydroxylation is 1. The van der Waals surface area contributed by atoms with Gasteiger partial charge in [0.15, 0.2) is 0 Å². The average molecular weight is 243 g/mol. The minimum Gasteiger partial charge on any atom is -0.341 e. The van der Waals surface area contributed by atoms with Crippen LogP contribution in [0.5, 0.6) is 0 Å². The van der Waals surface area contributed by atoms with E-state index in [1.165, 1.54) is 0 Å². The van der Waals surface area contributed by atoms with E-state index in [1.807, 2.05) is 16.5 Å². The minimum atomic E-state index is 0.00790. The van der Waals surface area contributed by atoms with Gasteiger partial charge >= 0.3 is 0 Å². The number of carbonyl (C=O) groups is 1. The number of rotatable bonds is 2. The van der Waals surface area contributed by atoms with E-state index < -0.39 is 0 Å². The lowest BCUT2D eigenvalue weighted by Gasteiger charge is -2.31. The van der Waals surface area contributed by atoms with Gasteiger partial charge in [0.2, 0.25) is 5.91 Å². The lowest BCUT2D eigenvalue weighted by atomic mass is 9.97. The van der Waals surface area contributed by atoms with E-state index in [0.29, 0.717) is 6.54 Å². The Morgan fingerprint density at radius 2 is 2.50 bits per heavy atom. The Bertz CT molecular complexity index is 379. The van der Waals surface area contributed by atoms with Gasteiger partial charge in [-0.3, -0.25) is 4.79 Å². The summed E-state index contributed by atoms with van der Waals surface area (Å²) in [6, 6.07) is 0. The summed E-state index contributed by atoms with van der Waals surface area (Å²) in [7, 11) is 1.93. The molecule has 0 aromatic carbocycles. The molecule has 2 rings (SSSR count). The van der Waals surface area contributed by atoms with Crippen molar-refractivity contribution in [2.45, 2.75) is 18.8 Å². The fraction of sp³-hybridized carbons (Fsp3) is 0.700. The third-order valence-corrected chi connectivity index (χ3v) is 3.23. The molecule has 0 aliphatic carbocycles. The second-order valence-corrected chi connectivity index (χ2v) is 4.38. The van der Waals surface area contributed by atoms with Crippen molar-refractivity contribution in [3.05, 3.63) is 12.2 Å². The molecule has 1 fully saturated rings. The van der Waals surface area contributed by atoms with E-state index in [2.05, 4.69) is 10.2 Å². The van der Waals surface area contributed by atoms with Crippen molar-refractivity contribution < 1.29 is 4.79 Å². The number of hydrogen-bond acceptors (Lipinski definition) is 3. The molecule has 0 saturated carbocycles. The Labute approximate surface area is 99.4 Å². The third-order valence-electron chi connectivity index (χ3n) is 3.00. The Balaban J connectivity index is 2.07. The van der Waals surface area contributed by atoms with Crippen LogP contribution >= 0.6 is 11.6 Å². The molecule has 5 nitrogen and oxygen atoms in total. The molecular formula is C10H15ClN4O. The first-order chi connectivity index (χ1) is 7.72. The minimum absolute atomic E-state index is 0.00790. The molecule has 0 N–H and O–H groups in total. The molecule has 1 unspecified atom stereocenters. The highest BCUT2D eigenvalue weighted by molar-refractivity contribution is 6.27. The highest BCUT2D eigenvalue weighted by Crippen LogP contribution is 2.24. The number of alkyl halides is 1. The highest BCUT2D eigenvalue weighted by atomic mass is 35.5. The second-order valence-electron chi connectivity index (χ2n) is 4.11. The third kappa shape index (κ3) is 2.19. The number of aromatic nitrogens is 3. The summed E-state index contributed by atoms with van der Waals surface area (Å²) in [5.41, 5.74) is 0. The first kappa shape index (κ1) is 11.4. The fourth-order valence-electron chi connectivity index (χ4n) is 2.16. The molecule has 1 amide bonds. The van der Waals surface area contributed by atoms with Crippen molar-refractivity contribution in [1.29, 1.82) is 0 Å². The van der Waals surface area contributed by atoms with Gasteiger partial charge in [0.05, 0.1) is 0 Å². The molecule has 1 saturated heterocycles. The Morgan fingerprint density at radius 1 is 1.69 bits per heavy atom. The van der Waals surface area contributed by atoms with Gasteiger partial charge in [-0.05, 0) is 12.8 Å². The monoisotopic (exact) mass is 242 g/mol. The van der Waals surface area contributed by atoms with E-state index in [9.17, 15) is 4.79 Å². The van der Waals surface area contributed by atoms with Gasteiger partial charge in [0, 0.05) is 26.1 Å². The molecule has 1 aliphatic rings. The summed E-state index contributed by atoms with van der Waals surface area (Å²) in [5, 5.41) is 7.97. The largest absolute Gasteiger partial charge is 0.341 e. The van der Waals surface area contributed by atoms with Crippen LogP contribution < -0.4 is 0 Å². The number of carbonyl (C=O) groups excluding carboxylic acids is 1. The normalized spacial score (nSPS) is 21.1. The van der Waals surface area contributed by atoms with Gasteiger partial charge in [0.1, 0.15) is 18.0 Å². The molecule has 0 bridgehead atoms. The molecular weight excluding hydrogens is 228 g/mol. The van der Waals surface area contributed by atoms with Gasteiger partial charge in [-0.25, -0.2) is 0 Å². The van der Waals surface area contributed by atoms with E-state index in [-0.39, 0.29) is 17.7 Å². The maximum absolute atomic E-state index is 11.5. The molecule has 1 aliphatic heterocycles. The smallest absolute Gasteiger partial charge is 0.237 e. The number of halogens is 1. The van der Waals surface area contributed by atoms with Crippen LogP contribution in [0.1, 0.15) is 24.6 Å². The summed E-state index contributed by atoms with van der Waals surface area (Å²) in [4.78, 5) is 13.3. The van der Waals surface area contributed by atoms with Crippen LogP contribution in [0.3, 0.4) is 0 Å². The van der Waals surface area contributed by atoms with E-state index in [4.69, 9.17) is 11.6 Å². The number of piperidine rings is 1. The first-order valence-corrected chi connectivity index (χ1v) is 5.93. The first-order valence-electron chi connectivity index (χ1n) is 5.40. The standard InChI is InChI=1S/C10H15ClN4O/c1-14-7-12-13-10(14)8-3-2-4-15(6-8)9(16)5-11/h7-8H,2-6H2,1H3. The summed E-state index contributed by atoms with van der Waals surface area (Å²) in [5.74, 6) is 1.31. The SMILES string of the molecule is Cn1cnnc1C1CCCN(C(=O)CCl)C1. The fourth-order valence-corrected chi connectivity index (χ4v) is 2.33. The summed E-state index contributed by atoms with van der Waals surface area (Å²) < 4.78 is 1.92. The van der Waals surface area contributed by atoms with Crippen LogP contribution in [-0.4, -0.2) is 44.5 Å². The van der Waals surface area contributed by atoms with Crippen LogP contribution in [0, 0.1) is 0 Å². The van der Waals surface area contributed by atoms with Gasteiger partial charge in [-0.2, -0.15) is 0 Å². The van der Waals surface area contributed by atoms with Crippen molar-refractivity contribution >= 4 is 17.5 Å². The summed E-state index contributed by atoms with van der Waals surface area (Å²) >= 11 is 5.56. The number of hydrogen-bond donors (Lipinski definition) is 0. The number of amides is 1. The lowest BCUT2D eigenvalue weighted by molar-refractivity contribution is -0.129. The van der Waals surface area contributed by atoms with Crippen LogP contribution in [0.4, 0.5) is 0 Å². The van der Waals surface area contributed by atoms with Crippen LogP contribution in [0.25, 0.3) is 0 Å². The molecule has 1 aromatic rings. The maximum Gasteiger partial charge on any atom is 0.237 e. The zero-order valence-electron chi connectivity index (χ0n) is 9.27. The Hall–Kier alpha value is -1.10. The molecule has 88 valence electrons. The summed E-state index contributed by atoms with van der Waals surface area (Å²) in [6.07, 6.45) is 3.75. The zero-order valence-corrected chi connectivity index (χ0v) is 10.0. The predicted molar refractivity (Wildman–Crippen MR) is 60.3 cm³/mol. The molecule has 2 heterocycles. The molecule has 0 radical (unpaired) electrons. The van der Waals surface area contributed by atoms with Gasteiger partial charge in [-0.15, -0.1) is 21.8 Å². The Kier molecular flexibility index (Phi) is 3.43. The van der Waals surface area contributed by atoms with E-state index in [0.717, 1.165) is 25.2 Å². The number of likely N-dealkylation sites (tertiary alicyclic amines) is 1. The quantitative estimate of drug-likeness (QED) is 0.720. The molecule has 1 atom stereocenters. The van der Waals surface area contributed by atoms with Crippen LogP contribution in [0.2, 0.25) is 0 Å².